The van der Waals surface area contributed by atoms with Gasteiger partial charge in [-0.3, -0.25) is 4.99 Å². The number of hydrogen-bond acceptors (Lipinski definition) is 3. The molecule has 0 bridgehead atoms. The largest absolute Gasteiger partial charge is 0.380 e. The van der Waals surface area contributed by atoms with Gasteiger partial charge in [-0.15, -0.1) is 0 Å². The maximum absolute atomic E-state index is 5.48. The quantitative estimate of drug-likeness (QED) is 0.334. The molecule has 0 aromatic carbocycles. The van der Waals surface area contributed by atoms with Crippen molar-refractivity contribution in [3.63, 3.8) is 0 Å². The third-order valence-electron chi connectivity index (χ3n) is 2.23. The first-order valence-electron chi connectivity index (χ1n) is 7.02. The number of guanidine groups is 1. The van der Waals surface area contributed by atoms with Crippen molar-refractivity contribution in [1.29, 1.82) is 0 Å². The fourth-order valence-electron chi connectivity index (χ4n) is 1.30. The van der Waals surface area contributed by atoms with Crippen LogP contribution in [0.4, 0.5) is 0 Å². The van der Waals surface area contributed by atoms with Crippen LogP contribution in [0.25, 0.3) is 0 Å². The molecule has 108 valence electrons. The first-order chi connectivity index (χ1) is 8.85. The average molecular weight is 259 g/mol. The molecule has 0 aliphatic rings. The summed E-state index contributed by atoms with van der Waals surface area (Å²) in [5.74, 6) is 0.830. The minimum Gasteiger partial charge on any atom is -0.380 e. The Kier molecular flexibility index (Phi) is 13.6. The molecule has 0 saturated carbocycles. The number of aliphatic imine (C=N–C) groups is 1. The van der Waals surface area contributed by atoms with Crippen LogP contribution in [0, 0.1) is 0 Å². The summed E-state index contributed by atoms with van der Waals surface area (Å²) in [6.07, 6.45) is 2.30. The van der Waals surface area contributed by atoms with Crippen LogP contribution in [0.1, 0.15) is 33.6 Å². The molecule has 0 heterocycles. The molecule has 0 rings (SSSR count). The summed E-state index contributed by atoms with van der Waals surface area (Å²) in [7, 11) is 0. The van der Waals surface area contributed by atoms with E-state index in [-0.39, 0.29) is 0 Å². The molecule has 0 amide bonds. The van der Waals surface area contributed by atoms with Gasteiger partial charge >= 0.3 is 0 Å². The van der Waals surface area contributed by atoms with Gasteiger partial charge in [0.1, 0.15) is 0 Å². The van der Waals surface area contributed by atoms with E-state index in [4.69, 9.17) is 9.47 Å². The van der Waals surface area contributed by atoms with E-state index in [1.54, 1.807) is 0 Å². The van der Waals surface area contributed by atoms with Gasteiger partial charge in [-0.05, 0) is 20.3 Å². The van der Waals surface area contributed by atoms with Gasteiger partial charge in [0.15, 0.2) is 5.96 Å². The van der Waals surface area contributed by atoms with Crippen molar-refractivity contribution in [3.8, 4) is 0 Å². The first-order valence-corrected chi connectivity index (χ1v) is 7.02. The number of rotatable bonds is 11. The summed E-state index contributed by atoms with van der Waals surface area (Å²) < 4.78 is 10.7. The van der Waals surface area contributed by atoms with Crippen LogP contribution in [0.2, 0.25) is 0 Å². The molecule has 0 aromatic heterocycles. The Bertz CT molecular complexity index is 199. The minimum atomic E-state index is 0.667. The van der Waals surface area contributed by atoms with Crippen molar-refractivity contribution in [2.24, 2.45) is 4.99 Å². The zero-order valence-electron chi connectivity index (χ0n) is 12.1. The van der Waals surface area contributed by atoms with Gasteiger partial charge in [0.05, 0.1) is 19.8 Å². The molecule has 5 nitrogen and oxygen atoms in total. The fraction of sp³-hybridized carbons (Fsp3) is 0.923. The lowest BCUT2D eigenvalue weighted by molar-refractivity contribution is 0.135. The second-order valence-corrected chi connectivity index (χ2v) is 3.85. The van der Waals surface area contributed by atoms with Crippen LogP contribution in [-0.2, 0) is 9.47 Å². The lowest BCUT2D eigenvalue weighted by atomic mass is 10.4. The summed E-state index contributed by atoms with van der Waals surface area (Å²) in [5, 5.41) is 6.42. The molecule has 0 aliphatic heterocycles. The summed E-state index contributed by atoms with van der Waals surface area (Å²) >= 11 is 0. The van der Waals surface area contributed by atoms with Crippen LogP contribution in [0.3, 0.4) is 0 Å². The molecule has 0 spiro atoms. The van der Waals surface area contributed by atoms with Gasteiger partial charge in [0.25, 0.3) is 0 Å². The van der Waals surface area contributed by atoms with E-state index in [0.29, 0.717) is 13.2 Å². The van der Waals surface area contributed by atoms with Gasteiger partial charge in [-0.25, -0.2) is 0 Å². The van der Waals surface area contributed by atoms with E-state index >= 15 is 0 Å². The van der Waals surface area contributed by atoms with Crippen molar-refractivity contribution in [3.05, 3.63) is 0 Å². The average Bonchev–Trinajstić information content (AvgIpc) is 2.38. The summed E-state index contributed by atoms with van der Waals surface area (Å²) in [6.45, 7) is 11.5. The van der Waals surface area contributed by atoms with Crippen molar-refractivity contribution >= 4 is 5.96 Å². The number of hydrogen-bond donors (Lipinski definition) is 2. The Hall–Kier alpha value is -0.810. The molecule has 0 radical (unpaired) electrons. The summed E-state index contributed by atoms with van der Waals surface area (Å²) in [6, 6.07) is 0. The van der Waals surface area contributed by atoms with Gasteiger partial charge in [-0.2, -0.15) is 0 Å². The van der Waals surface area contributed by atoms with E-state index in [9.17, 15) is 0 Å². The fourth-order valence-corrected chi connectivity index (χ4v) is 1.30. The molecule has 0 saturated heterocycles. The Morgan fingerprint density at radius 3 is 2.50 bits per heavy atom. The molecular weight excluding hydrogens is 230 g/mol. The Labute approximate surface area is 111 Å². The maximum Gasteiger partial charge on any atom is 0.191 e. The number of nitrogens with zero attached hydrogens (tertiary/aromatic N) is 1. The van der Waals surface area contributed by atoms with E-state index < -0.39 is 0 Å². The van der Waals surface area contributed by atoms with Crippen molar-refractivity contribution in [2.45, 2.75) is 33.6 Å². The SMILES string of the molecule is CCCCOCCNC(=NCCOCC)NCC. The second kappa shape index (κ2) is 14.3. The molecule has 0 aliphatic carbocycles. The third kappa shape index (κ3) is 11.7. The maximum atomic E-state index is 5.48. The highest BCUT2D eigenvalue weighted by Gasteiger charge is 1.96. The molecule has 0 unspecified atom stereocenters. The minimum absolute atomic E-state index is 0.667. The Balaban J connectivity index is 3.61. The topological polar surface area (TPSA) is 54.9 Å². The van der Waals surface area contributed by atoms with E-state index in [0.717, 1.165) is 45.3 Å². The van der Waals surface area contributed by atoms with E-state index in [2.05, 4.69) is 29.5 Å². The highest BCUT2D eigenvalue weighted by atomic mass is 16.5. The van der Waals surface area contributed by atoms with Gasteiger partial charge < -0.3 is 20.1 Å². The lowest BCUT2D eigenvalue weighted by Gasteiger charge is -2.11. The van der Waals surface area contributed by atoms with Crippen LogP contribution in [-0.4, -0.2) is 52.0 Å². The highest BCUT2D eigenvalue weighted by molar-refractivity contribution is 5.79. The highest BCUT2D eigenvalue weighted by Crippen LogP contribution is 1.86. The number of unbranched alkanes of at least 4 members (excludes halogenated alkanes) is 1. The molecule has 5 heteroatoms. The monoisotopic (exact) mass is 259 g/mol. The molecule has 0 atom stereocenters. The van der Waals surface area contributed by atoms with Crippen LogP contribution in [0.15, 0.2) is 4.99 Å². The summed E-state index contributed by atoms with van der Waals surface area (Å²) in [5.41, 5.74) is 0. The lowest BCUT2D eigenvalue weighted by Crippen LogP contribution is -2.39. The molecule has 0 aromatic rings. The smallest absolute Gasteiger partial charge is 0.191 e. The van der Waals surface area contributed by atoms with Crippen molar-refractivity contribution in [2.75, 3.05) is 46.1 Å². The predicted octanol–water partition coefficient (Wildman–Crippen LogP) is 1.39. The zero-order valence-corrected chi connectivity index (χ0v) is 12.1. The van der Waals surface area contributed by atoms with Crippen molar-refractivity contribution in [1.82, 2.24) is 10.6 Å². The molecule has 18 heavy (non-hydrogen) atoms. The number of nitrogens with one attached hydrogen (secondary N) is 2. The molecular formula is C13H29N3O2. The van der Waals surface area contributed by atoms with Gasteiger partial charge in [0.2, 0.25) is 0 Å². The molecule has 2 N–H and O–H groups in total. The van der Waals surface area contributed by atoms with E-state index in [1.165, 1.54) is 6.42 Å². The second-order valence-electron chi connectivity index (χ2n) is 3.85. The Morgan fingerprint density at radius 1 is 1.00 bits per heavy atom. The van der Waals surface area contributed by atoms with Gasteiger partial charge in [-0.1, -0.05) is 13.3 Å². The van der Waals surface area contributed by atoms with Gasteiger partial charge in [0, 0.05) is 26.3 Å². The van der Waals surface area contributed by atoms with Crippen LogP contribution < -0.4 is 10.6 Å². The van der Waals surface area contributed by atoms with Crippen LogP contribution in [0.5, 0.6) is 0 Å². The zero-order chi connectivity index (χ0) is 13.5. The Morgan fingerprint density at radius 2 is 1.83 bits per heavy atom. The normalized spacial score (nSPS) is 11.6. The van der Waals surface area contributed by atoms with E-state index in [1.807, 2.05) is 6.92 Å². The predicted molar refractivity (Wildman–Crippen MR) is 76.2 cm³/mol. The first kappa shape index (κ1) is 17.2. The van der Waals surface area contributed by atoms with Crippen LogP contribution >= 0.6 is 0 Å². The third-order valence-corrected chi connectivity index (χ3v) is 2.23. The standard InChI is InChI=1S/C13H29N3O2/c1-4-7-10-18-12-9-16-13(14-5-2)15-8-11-17-6-3/h4-12H2,1-3H3,(H2,14,15,16). The summed E-state index contributed by atoms with van der Waals surface area (Å²) in [4.78, 5) is 4.40. The number of ether oxygens (including phenoxy) is 2. The molecule has 0 fully saturated rings. The van der Waals surface area contributed by atoms with Crippen molar-refractivity contribution < 1.29 is 9.47 Å².